The van der Waals surface area contributed by atoms with Gasteiger partial charge in [-0.3, -0.25) is 0 Å². The highest BCUT2D eigenvalue weighted by Gasteiger charge is 2.13. The van der Waals surface area contributed by atoms with Crippen LogP contribution in [0.5, 0.6) is 0 Å². The molecule has 0 aliphatic rings. The van der Waals surface area contributed by atoms with E-state index in [1.54, 1.807) is 10.9 Å². The SMILES string of the molecule is CC(c1ccc2oc3ccccc3c2c1)n1cc(CO)nn1. The first-order valence-corrected chi connectivity index (χ1v) is 7.19. The molecule has 22 heavy (non-hydrogen) atoms. The minimum atomic E-state index is -0.0991. The van der Waals surface area contributed by atoms with E-state index >= 15 is 0 Å². The molecule has 0 spiro atoms. The Morgan fingerprint density at radius 2 is 1.95 bits per heavy atom. The molecule has 2 aromatic heterocycles. The number of nitrogens with zero attached hydrogens (tertiary/aromatic N) is 3. The zero-order valence-corrected chi connectivity index (χ0v) is 12.1. The van der Waals surface area contributed by atoms with Crippen molar-refractivity contribution in [2.45, 2.75) is 19.6 Å². The number of aliphatic hydroxyl groups excluding tert-OH is 1. The fourth-order valence-corrected chi connectivity index (χ4v) is 2.73. The predicted molar refractivity (Wildman–Crippen MR) is 83.5 cm³/mol. The lowest BCUT2D eigenvalue weighted by Crippen LogP contribution is -2.07. The van der Waals surface area contributed by atoms with Crippen LogP contribution < -0.4 is 0 Å². The average Bonchev–Trinajstić information content (AvgIpc) is 3.18. The number of aromatic nitrogens is 3. The summed E-state index contributed by atoms with van der Waals surface area (Å²) in [5.74, 6) is 0. The number of hydrogen-bond acceptors (Lipinski definition) is 4. The van der Waals surface area contributed by atoms with E-state index in [-0.39, 0.29) is 12.6 Å². The van der Waals surface area contributed by atoms with Crippen molar-refractivity contribution in [3.63, 3.8) is 0 Å². The van der Waals surface area contributed by atoms with Gasteiger partial charge in [-0.15, -0.1) is 5.10 Å². The van der Waals surface area contributed by atoms with Crippen LogP contribution in [0, 0.1) is 0 Å². The normalized spacial score (nSPS) is 13.0. The smallest absolute Gasteiger partial charge is 0.135 e. The molecule has 5 heteroatoms. The highest BCUT2D eigenvalue weighted by Crippen LogP contribution is 2.31. The standard InChI is InChI=1S/C17H15N3O2/c1-11(20-9-13(10-21)18-19-20)12-6-7-17-15(8-12)14-4-2-3-5-16(14)22-17/h2-9,11,21H,10H2,1H3. The van der Waals surface area contributed by atoms with Crippen LogP contribution >= 0.6 is 0 Å². The zero-order chi connectivity index (χ0) is 15.1. The summed E-state index contributed by atoms with van der Waals surface area (Å²) in [6.45, 7) is 1.96. The van der Waals surface area contributed by atoms with Crippen LogP contribution in [-0.2, 0) is 6.61 Å². The molecule has 0 aliphatic heterocycles. The lowest BCUT2D eigenvalue weighted by Gasteiger charge is -2.11. The molecule has 1 atom stereocenters. The molecule has 0 amide bonds. The number of para-hydroxylation sites is 1. The molecule has 1 unspecified atom stereocenters. The monoisotopic (exact) mass is 293 g/mol. The number of hydrogen-bond donors (Lipinski definition) is 1. The van der Waals surface area contributed by atoms with Crippen molar-refractivity contribution in [1.29, 1.82) is 0 Å². The highest BCUT2D eigenvalue weighted by molar-refractivity contribution is 6.05. The van der Waals surface area contributed by atoms with E-state index in [2.05, 4.69) is 29.4 Å². The summed E-state index contributed by atoms with van der Waals surface area (Å²) in [6, 6.07) is 14.2. The molecule has 1 N–H and O–H groups in total. The van der Waals surface area contributed by atoms with Crippen molar-refractivity contribution in [3.05, 3.63) is 59.9 Å². The van der Waals surface area contributed by atoms with Crippen molar-refractivity contribution in [1.82, 2.24) is 15.0 Å². The fourth-order valence-electron chi connectivity index (χ4n) is 2.73. The Morgan fingerprint density at radius 3 is 2.77 bits per heavy atom. The van der Waals surface area contributed by atoms with Gasteiger partial charge in [0.2, 0.25) is 0 Å². The van der Waals surface area contributed by atoms with Crippen LogP contribution in [0.3, 0.4) is 0 Å². The molecular weight excluding hydrogens is 278 g/mol. The van der Waals surface area contributed by atoms with Crippen LogP contribution in [0.4, 0.5) is 0 Å². The number of rotatable bonds is 3. The van der Waals surface area contributed by atoms with E-state index in [0.29, 0.717) is 5.69 Å². The number of furan rings is 1. The van der Waals surface area contributed by atoms with Gasteiger partial charge in [-0.2, -0.15) is 0 Å². The van der Waals surface area contributed by atoms with Crippen LogP contribution in [0.25, 0.3) is 21.9 Å². The van der Waals surface area contributed by atoms with Gasteiger partial charge >= 0.3 is 0 Å². The molecule has 0 radical (unpaired) electrons. The van der Waals surface area contributed by atoms with Gasteiger partial charge in [0, 0.05) is 10.8 Å². The van der Waals surface area contributed by atoms with Gasteiger partial charge in [0.25, 0.3) is 0 Å². The van der Waals surface area contributed by atoms with Crippen molar-refractivity contribution in [2.75, 3.05) is 0 Å². The second-order valence-electron chi connectivity index (χ2n) is 5.38. The van der Waals surface area contributed by atoms with Crippen LogP contribution in [0.1, 0.15) is 24.2 Å². The summed E-state index contributed by atoms with van der Waals surface area (Å²) < 4.78 is 7.61. The van der Waals surface area contributed by atoms with Gasteiger partial charge < -0.3 is 9.52 Å². The minimum absolute atomic E-state index is 0.0332. The van der Waals surface area contributed by atoms with Crippen LogP contribution in [0.2, 0.25) is 0 Å². The molecule has 0 fully saturated rings. The molecule has 4 rings (SSSR count). The van der Waals surface area contributed by atoms with Gasteiger partial charge in [0.05, 0.1) is 18.8 Å². The summed E-state index contributed by atoms with van der Waals surface area (Å²) in [5, 5.41) is 19.3. The van der Waals surface area contributed by atoms with E-state index in [4.69, 9.17) is 9.52 Å². The topological polar surface area (TPSA) is 64.1 Å². The summed E-state index contributed by atoms with van der Waals surface area (Å²) in [6.07, 6.45) is 1.77. The van der Waals surface area contributed by atoms with Crippen LogP contribution in [-0.4, -0.2) is 20.1 Å². The summed E-state index contributed by atoms with van der Waals surface area (Å²) >= 11 is 0. The Kier molecular flexibility index (Phi) is 2.94. The zero-order valence-electron chi connectivity index (χ0n) is 12.1. The van der Waals surface area contributed by atoms with Crippen molar-refractivity contribution in [2.24, 2.45) is 0 Å². The molecule has 0 bridgehead atoms. The number of aliphatic hydroxyl groups is 1. The Hall–Kier alpha value is -2.66. The maximum absolute atomic E-state index is 9.11. The van der Waals surface area contributed by atoms with E-state index in [0.717, 1.165) is 27.5 Å². The Balaban J connectivity index is 1.82. The third kappa shape index (κ3) is 1.98. The maximum Gasteiger partial charge on any atom is 0.135 e. The lowest BCUT2D eigenvalue weighted by molar-refractivity contribution is 0.276. The minimum Gasteiger partial charge on any atom is -0.456 e. The third-order valence-electron chi connectivity index (χ3n) is 4.00. The second-order valence-corrected chi connectivity index (χ2v) is 5.38. The average molecular weight is 293 g/mol. The number of fused-ring (bicyclic) bond motifs is 3. The first-order valence-electron chi connectivity index (χ1n) is 7.19. The molecule has 0 saturated carbocycles. The quantitative estimate of drug-likeness (QED) is 0.629. The lowest BCUT2D eigenvalue weighted by atomic mass is 10.0. The van der Waals surface area contributed by atoms with E-state index in [1.807, 2.05) is 30.3 Å². The highest BCUT2D eigenvalue weighted by atomic mass is 16.3. The van der Waals surface area contributed by atoms with E-state index in [9.17, 15) is 0 Å². The van der Waals surface area contributed by atoms with Gasteiger partial charge in [0.15, 0.2) is 0 Å². The molecule has 2 heterocycles. The Bertz CT molecular complexity index is 955. The van der Waals surface area contributed by atoms with Gasteiger partial charge in [-0.05, 0) is 30.7 Å². The molecule has 0 saturated heterocycles. The summed E-state index contributed by atoms with van der Waals surface area (Å²) in [5.41, 5.74) is 3.47. The molecule has 2 aromatic carbocycles. The van der Waals surface area contributed by atoms with Gasteiger partial charge in [-0.25, -0.2) is 4.68 Å². The van der Waals surface area contributed by atoms with Crippen molar-refractivity contribution >= 4 is 21.9 Å². The molecular formula is C17H15N3O2. The fraction of sp³-hybridized carbons (Fsp3) is 0.176. The molecule has 4 aromatic rings. The first kappa shape index (κ1) is 13.0. The maximum atomic E-state index is 9.11. The Morgan fingerprint density at radius 1 is 1.14 bits per heavy atom. The van der Waals surface area contributed by atoms with Crippen molar-refractivity contribution < 1.29 is 9.52 Å². The molecule has 110 valence electrons. The molecule has 5 nitrogen and oxygen atoms in total. The predicted octanol–water partition coefficient (Wildman–Crippen LogP) is 3.28. The Labute approximate surface area is 126 Å². The van der Waals surface area contributed by atoms with Gasteiger partial charge in [-0.1, -0.05) is 29.5 Å². The van der Waals surface area contributed by atoms with Crippen molar-refractivity contribution in [3.8, 4) is 0 Å². The van der Waals surface area contributed by atoms with E-state index in [1.165, 1.54) is 0 Å². The molecule has 0 aliphatic carbocycles. The number of benzene rings is 2. The van der Waals surface area contributed by atoms with Gasteiger partial charge in [0.1, 0.15) is 16.9 Å². The summed E-state index contributed by atoms with van der Waals surface area (Å²) in [7, 11) is 0. The largest absolute Gasteiger partial charge is 0.456 e. The van der Waals surface area contributed by atoms with E-state index < -0.39 is 0 Å². The third-order valence-corrected chi connectivity index (χ3v) is 4.00. The first-order chi connectivity index (χ1) is 10.8. The second kappa shape index (κ2) is 4.96. The van der Waals surface area contributed by atoms with Crippen LogP contribution in [0.15, 0.2) is 53.1 Å². The summed E-state index contributed by atoms with van der Waals surface area (Å²) in [4.78, 5) is 0.